The van der Waals surface area contributed by atoms with Crippen LogP contribution in [0.15, 0.2) is 0 Å². The van der Waals surface area contributed by atoms with Gasteiger partial charge in [-0.05, 0) is 0 Å². The van der Waals surface area contributed by atoms with Crippen molar-refractivity contribution in [3.05, 3.63) is 0 Å². The lowest BCUT2D eigenvalue weighted by Gasteiger charge is -2.37. The molecule has 0 spiro atoms. The van der Waals surface area contributed by atoms with Crippen LogP contribution in [0.4, 0.5) is 39.5 Å². The van der Waals surface area contributed by atoms with Crippen molar-refractivity contribution >= 4 is 11.9 Å². The van der Waals surface area contributed by atoms with Crippen LogP contribution in [0.5, 0.6) is 0 Å². The van der Waals surface area contributed by atoms with Gasteiger partial charge in [0.1, 0.15) is 6.54 Å². The number of esters is 1. The lowest BCUT2D eigenvalue weighted by Crippen LogP contribution is -2.62. The number of quaternary nitrogens is 1. The highest BCUT2D eigenvalue weighted by Crippen LogP contribution is 2.54. The first-order chi connectivity index (χ1) is 11.7. The van der Waals surface area contributed by atoms with Gasteiger partial charge < -0.3 is 14.3 Å². The van der Waals surface area contributed by atoms with E-state index in [1.165, 1.54) is 0 Å². The Morgan fingerprint density at radius 2 is 1.41 bits per heavy atom. The minimum Gasteiger partial charge on any atom is -0.477 e. The number of carbonyl (C=O) groups excluding carboxylic acids is 1. The number of alkyl halides is 9. The van der Waals surface area contributed by atoms with Crippen LogP contribution in [0.3, 0.4) is 0 Å². The van der Waals surface area contributed by atoms with Gasteiger partial charge in [-0.25, -0.2) is 4.79 Å². The number of hydrogen-bond donors (Lipinski definition) is 1. The zero-order valence-corrected chi connectivity index (χ0v) is 14.2. The number of likely N-dealkylation sites (N-methyl/N-ethyl adjacent to an activating group) is 1. The quantitative estimate of drug-likeness (QED) is 0.353. The second-order valence-electron chi connectivity index (χ2n) is 6.46. The summed E-state index contributed by atoms with van der Waals surface area (Å²) in [5, 5.41) is 8.69. The van der Waals surface area contributed by atoms with Crippen molar-refractivity contribution in [3.63, 3.8) is 0 Å². The van der Waals surface area contributed by atoms with Crippen molar-refractivity contribution < 1.29 is 63.4 Å². The van der Waals surface area contributed by atoms with Crippen LogP contribution in [0.1, 0.15) is 13.3 Å². The third-order valence-electron chi connectivity index (χ3n) is 3.29. The third kappa shape index (κ3) is 6.14. The van der Waals surface area contributed by atoms with Gasteiger partial charge in [-0.2, -0.15) is 39.5 Å². The molecule has 0 aromatic heterocycles. The molecule has 5 nitrogen and oxygen atoms in total. The number of carboxylic acids is 1. The maximum absolute atomic E-state index is 13.7. The molecule has 0 radical (unpaired) electrons. The highest BCUT2D eigenvalue weighted by atomic mass is 19.4. The van der Waals surface area contributed by atoms with Gasteiger partial charge in [-0.1, -0.05) is 0 Å². The van der Waals surface area contributed by atoms with Crippen LogP contribution in [-0.2, 0) is 14.3 Å². The SMILES string of the molecule is CC(=O)OC(CC(F)(F)C(F)(F)C(F)(F)C(F)(F)F)C[N+](C)(C)CC(=O)O. The second kappa shape index (κ2) is 7.72. The summed E-state index contributed by atoms with van der Waals surface area (Å²) >= 11 is 0. The van der Waals surface area contributed by atoms with Crippen LogP contribution in [0.2, 0.25) is 0 Å². The maximum atomic E-state index is 13.7. The van der Waals surface area contributed by atoms with Crippen LogP contribution >= 0.6 is 0 Å². The van der Waals surface area contributed by atoms with Crippen LogP contribution in [-0.4, -0.2) is 78.8 Å². The lowest BCUT2D eigenvalue weighted by atomic mass is 9.98. The highest BCUT2D eigenvalue weighted by molar-refractivity contribution is 5.68. The van der Waals surface area contributed by atoms with E-state index in [2.05, 4.69) is 4.74 Å². The molecule has 0 bridgehead atoms. The maximum Gasteiger partial charge on any atom is 0.460 e. The number of carbonyl (C=O) groups is 2. The second-order valence-corrected chi connectivity index (χ2v) is 6.46. The van der Waals surface area contributed by atoms with Gasteiger partial charge in [0.15, 0.2) is 12.6 Å². The Morgan fingerprint density at radius 3 is 1.74 bits per heavy atom. The largest absolute Gasteiger partial charge is 0.477 e. The molecular weight excluding hydrogens is 405 g/mol. The number of nitrogens with zero attached hydrogens (tertiary/aromatic N) is 1. The summed E-state index contributed by atoms with van der Waals surface area (Å²) in [5.41, 5.74) is 0. The van der Waals surface area contributed by atoms with E-state index in [1.807, 2.05) is 0 Å². The number of ether oxygens (including phenoxy) is 1. The Labute approximate surface area is 147 Å². The van der Waals surface area contributed by atoms with Gasteiger partial charge in [-0.3, -0.25) is 4.79 Å². The molecule has 0 aliphatic carbocycles. The van der Waals surface area contributed by atoms with Crippen molar-refractivity contribution in [3.8, 4) is 0 Å². The minimum absolute atomic E-state index is 0.658. The van der Waals surface area contributed by atoms with E-state index in [9.17, 15) is 49.1 Å². The smallest absolute Gasteiger partial charge is 0.460 e. The monoisotopic (exact) mass is 422 g/mol. The van der Waals surface area contributed by atoms with Crippen molar-refractivity contribution in [2.45, 2.75) is 43.4 Å². The molecule has 0 aliphatic heterocycles. The summed E-state index contributed by atoms with van der Waals surface area (Å²) in [6.07, 6.45) is -11.6. The number of aliphatic carboxylic acids is 1. The third-order valence-corrected chi connectivity index (χ3v) is 3.29. The normalized spacial score (nSPS) is 15.4. The van der Waals surface area contributed by atoms with Crippen molar-refractivity contribution in [1.29, 1.82) is 0 Å². The molecule has 0 heterocycles. The number of carboxylic acid groups (broad SMARTS) is 1. The van der Waals surface area contributed by atoms with Crippen molar-refractivity contribution in [2.24, 2.45) is 0 Å². The number of rotatable bonds is 9. The van der Waals surface area contributed by atoms with Gasteiger partial charge in [-0.15, -0.1) is 0 Å². The molecule has 0 amide bonds. The van der Waals surface area contributed by atoms with Gasteiger partial charge in [0.25, 0.3) is 0 Å². The molecule has 1 unspecified atom stereocenters. The molecule has 1 atom stereocenters. The minimum atomic E-state index is -7.06. The Kier molecular flexibility index (Phi) is 7.22. The van der Waals surface area contributed by atoms with Crippen molar-refractivity contribution in [1.82, 2.24) is 0 Å². The van der Waals surface area contributed by atoms with Crippen LogP contribution in [0, 0.1) is 0 Å². The summed E-state index contributed by atoms with van der Waals surface area (Å²) in [6, 6.07) is 0. The van der Waals surface area contributed by atoms with E-state index >= 15 is 0 Å². The number of halogens is 9. The van der Waals surface area contributed by atoms with Gasteiger partial charge in [0, 0.05) is 6.92 Å². The van der Waals surface area contributed by atoms with Crippen LogP contribution in [0.25, 0.3) is 0 Å². The fourth-order valence-corrected chi connectivity index (χ4v) is 2.18. The highest BCUT2D eigenvalue weighted by Gasteiger charge is 2.81. The summed E-state index contributed by atoms with van der Waals surface area (Å²) in [7, 11) is 2.20. The number of hydrogen-bond acceptors (Lipinski definition) is 3. The van der Waals surface area contributed by atoms with Gasteiger partial charge >= 0.3 is 35.9 Å². The first-order valence-electron chi connectivity index (χ1n) is 7.07. The van der Waals surface area contributed by atoms with Crippen molar-refractivity contribution in [2.75, 3.05) is 27.2 Å². The van der Waals surface area contributed by atoms with E-state index in [4.69, 9.17) is 5.11 Å². The molecule has 0 aromatic carbocycles. The summed E-state index contributed by atoms with van der Waals surface area (Å²) in [6.45, 7) is -0.974. The first kappa shape index (κ1) is 25.3. The van der Waals surface area contributed by atoms with E-state index in [0.717, 1.165) is 14.1 Å². The van der Waals surface area contributed by atoms with Gasteiger partial charge in [0.2, 0.25) is 0 Å². The topological polar surface area (TPSA) is 63.6 Å². The standard InChI is InChI=1S/C13H16F9NO4/c1-7(24)27-8(5-23(2,3)6-9(25)26)4-10(14,15)11(16,17)12(18,19)13(20,21)22/h8H,4-6H2,1-3H3/p+1. The molecule has 1 N–H and O–H groups in total. The molecule has 0 fully saturated rings. The Hall–Kier alpha value is -1.73. The average molecular weight is 422 g/mol. The van der Waals surface area contributed by atoms with Gasteiger partial charge in [0.05, 0.1) is 20.5 Å². The summed E-state index contributed by atoms with van der Waals surface area (Å²) < 4.78 is 120. The fourth-order valence-electron chi connectivity index (χ4n) is 2.18. The molecule has 14 heteroatoms. The Bertz CT molecular complexity index is 560. The molecular formula is C13H17F9NO4+. The zero-order chi connectivity index (χ0) is 22.1. The Morgan fingerprint density at radius 1 is 0.963 bits per heavy atom. The van der Waals surface area contributed by atoms with E-state index in [0.29, 0.717) is 6.92 Å². The molecule has 0 aliphatic rings. The van der Waals surface area contributed by atoms with E-state index in [-0.39, 0.29) is 0 Å². The van der Waals surface area contributed by atoms with Crippen LogP contribution < -0.4 is 0 Å². The molecule has 0 saturated heterocycles. The lowest BCUT2D eigenvalue weighted by molar-refractivity contribution is -0.886. The molecule has 27 heavy (non-hydrogen) atoms. The molecule has 0 saturated carbocycles. The summed E-state index contributed by atoms with van der Waals surface area (Å²) in [5.74, 6) is -22.6. The molecule has 0 rings (SSSR count). The Balaban J connectivity index is 5.74. The zero-order valence-electron chi connectivity index (χ0n) is 14.2. The molecule has 160 valence electrons. The molecule has 0 aromatic rings. The fraction of sp³-hybridized carbons (Fsp3) is 0.846. The van der Waals surface area contributed by atoms with E-state index < -0.39 is 66.0 Å². The first-order valence-corrected chi connectivity index (χ1v) is 7.07. The predicted molar refractivity (Wildman–Crippen MR) is 70.5 cm³/mol. The summed E-state index contributed by atoms with van der Waals surface area (Å²) in [4.78, 5) is 21.6. The van der Waals surface area contributed by atoms with E-state index in [1.54, 1.807) is 0 Å². The predicted octanol–water partition coefficient (Wildman–Crippen LogP) is 2.94. The average Bonchev–Trinajstić information content (AvgIpc) is 2.32.